The molecule has 174 valence electrons. The number of aromatic nitrogens is 4. The predicted octanol–water partition coefficient (Wildman–Crippen LogP) is 4.13. The molecule has 0 spiro atoms. The van der Waals surface area contributed by atoms with Crippen molar-refractivity contribution in [2.24, 2.45) is 0 Å². The Morgan fingerprint density at radius 1 is 0.886 bits per heavy atom. The number of nitrogens with zero attached hydrogens (tertiary/aromatic N) is 6. The van der Waals surface area contributed by atoms with Gasteiger partial charge in [0.25, 0.3) is 0 Å². The lowest BCUT2D eigenvalue weighted by Gasteiger charge is -2.28. The zero-order valence-electron chi connectivity index (χ0n) is 19.7. The van der Waals surface area contributed by atoms with Gasteiger partial charge in [-0.2, -0.15) is 5.26 Å². The summed E-state index contributed by atoms with van der Waals surface area (Å²) in [5.41, 5.74) is 6.81. The van der Waals surface area contributed by atoms with Crippen molar-refractivity contribution in [1.29, 1.82) is 5.26 Å². The van der Waals surface area contributed by atoms with Crippen LogP contribution in [0.3, 0.4) is 0 Å². The van der Waals surface area contributed by atoms with Gasteiger partial charge in [0.1, 0.15) is 17.6 Å². The summed E-state index contributed by atoms with van der Waals surface area (Å²) in [5, 5.41) is 9.55. The van der Waals surface area contributed by atoms with Crippen LogP contribution in [0.2, 0.25) is 0 Å². The maximum absolute atomic E-state index is 9.55. The van der Waals surface area contributed by atoms with Crippen LogP contribution in [-0.4, -0.2) is 46.2 Å². The lowest BCUT2D eigenvalue weighted by Crippen LogP contribution is -2.36. The van der Waals surface area contributed by atoms with Gasteiger partial charge in [0, 0.05) is 49.2 Å². The molecule has 0 amide bonds. The molecule has 0 atom stereocenters. The Bertz CT molecular complexity index is 1360. The zero-order valence-corrected chi connectivity index (χ0v) is 19.7. The number of hydrogen-bond donors (Lipinski definition) is 0. The molecular formula is C28H26N6O. The van der Waals surface area contributed by atoms with Crippen LogP contribution in [0, 0.1) is 18.3 Å². The van der Waals surface area contributed by atoms with Gasteiger partial charge in [0.05, 0.1) is 30.2 Å². The monoisotopic (exact) mass is 462 g/mol. The standard InChI is InChI=1S/C28H26N6O/c1-20-3-2-4-26(31-20)28-22(19-29)7-8-23(33-28)18-24-11-12-30-27(32-24)17-21-5-9-25(10-6-21)34-13-15-35-16-14-34/h2-12H,13-18H2,1H3. The highest BCUT2D eigenvalue weighted by molar-refractivity contribution is 5.63. The van der Waals surface area contributed by atoms with E-state index >= 15 is 0 Å². The van der Waals surface area contributed by atoms with Crippen molar-refractivity contribution in [3.05, 3.63) is 101 Å². The molecule has 1 saturated heterocycles. The molecule has 0 unspecified atom stereocenters. The van der Waals surface area contributed by atoms with Crippen molar-refractivity contribution in [2.75, 3.05) is 31.2 Å². The Morgan fingerprint density at radius 3 is 2.46 bits per heavy atom. The van der Waals surface area contributed by atoms with Crippen molar-refractivity contribution in [1.82, 2.24) is 19.9 Å². The van der Waals surface area contributed by atoms with Gasteiger partial charge in [0.2, 0.25) is 0 Å². The number of hydrogen-bond acceptors (Lipinski definition) is 7. The minimum atomic E-state index is 0.510. The van der Waals surface area contributed by atoms with E-state index in [1.54, 1.807) is 12.3 Å². The first-order valence-corrected chi connectivity index (χ1v) is 11.7. The SMILES string of the molecule is Cc1cccc(-c2nc(Cc3ccnc(Cc4ccc(N5CCOCC5)cc4)n3)ccc2C#N)n1. The van der Waals surface area contributed by atoms with E-state index in [0.29, 0.717) is 29.8 Å². The van der Waals surface area contributed by atoms with Gasteiger partial charge in [0.15, 0.2) is 0 Å². The highest BCUT2D eigenvalue weighted by atomic mass is 16.5. The summed E-state index contributed by atoms with van der Waals surface area (Å²) in [6, 6.07) is 22.2. The molecule has 1 aliphatic heterocycles. The van der Waals surface area contributed by atoms with Crippen LogP contribution in [0.25, 0.3) is 11.4 Å². The first kappa shape index (κ1) is 22.6. The van der Waals surface area contributed by atoms with Gasteiger partial charge in [-0.3, -0.25) is 4.98 Å². The molecule has 7 heteroatoms. The second-order valence-corrected chi connectivity index (χ2v) is 8.56. The normalized spacial score (nSPS) is 13.4. The summed E-state index contributed by atoms with van der Waals surface area (Å²) >= 11 is 0. The lowest BCUT2D eigenvalue weighted by molar-refractivity contribution is 0.122. The Labute approximate surface area is 205 Å². The second kappa shape index (κ2) is 10.4. The average Bonchev–Trinajstić information content (AvgIpc) is 2.90. The van der Waals surface area contributed by atoms with Crippen molar-refractivity contribution in [3.63, 3.8) is 0 Å². The van der Waals surface area contributed by atoms with Gasteiger partial charge in [-0.25, -0.2) is 15.0 Å². The molecule has 0 radical (unpaired) electrons. The van der Waals surface area contributed by atoms with Crippen LogP contribution < -0.4 is 4.90 Å². The van der Waals surface area contributed by atoms with Crippen LogP contribution in [0.4, 0.5) is 5.69 Å². The summed E-state index contributed by atoms with van der Waals surface area (Å²) in [6.07, 6.45) is 3.01. The van der Waals surface area contributed by atoms with Crippen LogP contribution in [-0.2, 0) is 17.6 Å². The van der Waals surface area contributed by atoms with E-state index in [9.17, 15) is 5.26 Å². The number of benzene rings is 1. The van der Waals surface area contributed by atoms with Gasteiger partial charge in [-0.05, 0) is 55.0 Å². The minimum Gasteiger partial charge on any atom is -0.378 e. The van der Waals surface area contributed by atoms with Gasteiger partial charge in [-0.1, -0.05) is 18.2 Å². The van der Waals surface area contributed by atoms with E-state index in [1.807, 2.05) is 37.3 Å². The Hall–Kier alpha value is -4.15. The smallest absolute Gasteiger partial charge is 0.132 e. The molecule has 0 saturated carbocycles. The summed E-state index contributed by atoms with van der Waals surface area (Å²) < 4.78 is 5.44. The third-order valence-electron chi connectivity index (χ3n) is 6.00. The van der Waals surface area contributed by atoms with Crippen LogP contribution in [0.5, 0.6) is 0 Å². The average molecular weight is 463 g/mol. The molecule has 35 heavy (non-hydrogen) atoms. The Morgan fingerprint density at radius 2 is 1.69 bits per heavy atom. The first-order chi connectivity index (χ1) is 17.2. The van der Waals surface area contributed by atoms with Crippen molar-refractivity contribution in [2.45, 2.75) is 19.8 Å². The fourth-order valence-corrected chi connectivity index (χ4v) is 4.20. The van der Waals surface area contributed by atoms with Crippen molar-refractivity contribution >= 4 is 5.69 Å². The zero-order chi connectivity index (χ0) is 24.0. The van der Waals surface area contributed by atoms with E-state index in [1.165, 1.54) is 11.3 Å². The maximum atomic E-state index is 9.55. The van der Waals surface area contributed by atoms with E-state index < -0.39 is 0 Å². The highest BCUT2D eigenvalue weighted by Crippen LogP contribution is 2.21. The topological polar surface area (TPSA) is 87.8 Å². The fourth-order valence-electron chi connectivity index (χ4n) is 4.20. The predicted molar refractivity (Wildman–Crippen MR) is 134 cm³/mol. The van der Waals surface area contributed by atoms with Crippen molar-refractivity contribution < 1.29 is 4.74 Å². The minimum absolute atomic E-state index is 0.510. The number of anilines is 1. The number of pyridine rings is 2. The van der Waals surface area contributed by atoms with E-state index in [0.717, 1.165) is 49.2 Å². The highest BCUT2D eigenvalue weighted by Gasteiger charge is 2.13. The summed E-state index contributed by atoms with van der Waals surface area (Å²) in [6.45, 7) is 5.34. The molecule has 0 aliphatic carbocycles. The maximum Gasteiger partial charge on any atom is 0.132 e. The quantitative estimate of drug-likeness (QED) is 0.426. The largest absolute Gasteiger partial charge is 0.378 e. The van der Waals surface area contributed by atoms with Crippen LogP contribution in [0.15, 0.2) is 66.9 Å². The van der Waals surface area contributed by atoms with Crippen LogP contribution >= 0.6 is 0 Å². The summed E-state index contributed by atoms with van der Waals surface area (Å²) in [7, 11) is 0. The molecule has 1 aliphatic rings. The molecule has 1 aromatic carbocycles. The molecule has 7 nitrogen and oxygen atoms in total. The Balaban J connectivity index is 1.31. The molecule has 3 aromatic heterocycles. The molecule has 4 heterocycles. The number of rotatable bonds is 6. The van der Waals surface area contributed by atoms with Gasteiger partial charge in [-0.15, -0.1) is 0 Å². The van der Waals surface area contributed by atoms with Crippen LogP contribution in [0.1, 0.15) is 34.0 Å². The number of nitriles is 1. The Kier molecular flexibility index (Phi) is 6.73. The fraction of sp³-hybridized carbons (Fsp3) is 0.250. The molecule has 5 rings (SSSR count). The molecule has 4 aromatic rings. The molecule has 0 N–H and O–H groups in total. The third kappa shape index (κ3) is 5.51. The third-order valence-corrected chi connectivity index (χ3v) is 6.00. The van der Waals surface area contributed by atoms with Gasteiger partial charge >= 0.3 is 0 Å². The molecular weight excluding hydrogens is 436 g/mol. The first-order valence-electron chi connectivity index (χ1n) is 11.7. The summed E-state index contributed by atoms with van der Waals surface area (Å²) in [5.74, 6) is 0.774. The number of ether oxygens (including phenoxy) is 1. The summed E-state index contributed by atoms with van der Waals surface area (Å²) in [4.78, 5) is 20.9. The van der Waals surface area contributed by atoms with E-state index in [-0.39, 0.29) is 0 Å². The van der Waals surface area contributed by atoms with E-state index in [4.69, 9.17) is 14.7 Å². The second-order valence-electron chi connectivity index (χ2n) is 8.56. The van der Waals surface area contributed by atoms with Gasteiger partial charge < -0.3 is 9.64 Å². The van der Waals surface area contributed by atoms with Crippen molar-refractivity contribution in [3.8, 4) is 17.5 Å². The lowest BCUT2D eigenvalue weighted by atomic mass is 10.1. The number of morpholine rings is 1. The van der Waals surface area contributed by atoms with E-state index in [2.05, 4.69) is 45.2 Å². The molecule has 1 fully saturated rings. The number of aryl methyl sites for hydroxylation is 1. The molecule has 0 bridgehead atoms.